The van der Waals surface area contributed by atoms with E-state index in [2.05, 4.69) is 15.2 Å². The summed E-state index contributed by atoms with van der Waals surface area (Å²) in [7, 11) is 0. The van der Waals surface area contributed by atoms with E-state index in [9.17, 15) is 4.79 Å². The number of halogens is 1. The smallest absolute Gasteiger partial charge is 0.337 e. The number of aromatic nitrogens is 3. The first-order valence-electron chi connectivity index (χ1n) is 4.51. The van der Waals surface area contributed by atoms with Gasteiger partial charge in [0.05, 0.1) is 5.56 Å². The molecule has 0 fully saturated rings. The molecular formula is C10H6ClN3O2S. The maximum absolute atomic E-state index is 10.6. The Balaban J connectivity index is 2.13. The van der Waals surface area contributed by atoms with E-state index in [1.165, 1.54) is 24.0 Å². The lowest BCUT2D eigenvalue weighted by Gasteiger charge is -1.99. The summed E-state index contributed by atoms with van der Waals surface area (Å²) < 4.78 is 0. The number of carboxylic acids is 1. The van der Waals surface area contributed by atoms with Crippen molar-refractivity contribution in [2.24, 2.45) is 0 Å². The maximum atomic E-state index is 10.6. The van der Waals surface area contributed by atoms with Gasteiger partial charge in [0.2, 0.25) is 0 Å². The third-order valence-corrected chi connectivity index (χ3v) is 2.88. The summed E-state index contributed by atoms with van der Waals surface area (Å²) in [6, 6.07) is 6.45. The van der Waals surface area contributed by atoms with Gasteiger partial charge in [0.25, 0.3) is 0 Å². The molecule has 0 aliphatic heterocycles. The topological polar surface area (TPSA) is 76.0 Å². The van der Waals surface area contributed by atoms with E-state index in [-0.39, 0.29) is 5.56 Å². The molecule has 2 heterocycles. The number of rotatable bonds is 3. The minimum Gasteiger partial charge on any atom is -0.478 e. The van der Waals surface area contributed by atoms with E-state index in [1.54, 1.807) is 18.2 Å². The van der Waals surface area contributed by atoms with Crippen LogP contribution >= 0.6 is 23.4 Å². The molecule has 0 saturated carbocycles. The highest BCUT2D eigenvalue weighted by Gasteiger charge is 2.05. The Bertz CT molecular complexity index is 530. The van der Waals surface area contributed by atoms with Crippen LogP contribution in [0.2, 0.25) is 5.15 Å². The van der Waals surface area contributed by atoms with Gasteiger partial charge in [-0.25, -0.2) is 9.78 Å². The second-order valence-electron chi connectivity index (χ2n) is 2.99. The van der Waals surface area contributed by atoms with Gasteiger partial charge in [-0.1, -0.05) is 11.6 Å². The van der Waals surface area contributed by atoms with Crippen molar-refractivity contribution in [3.8, 4) is 0 Å². The van der Waals surface area contributed by atoms with E-state index in [0.717, 1.165) is 0 Å². The van der Waals surface area contributed by atoms with Crippen molar-refractivity contribution in [1.29, 1.82) is 0 Å². The van der Waals surface area contributed by atoms with Crippen molar-refractivity contribution < 1.29 is 9.90 Å². The Morgan fingerprint density at radius 3 is 2.47 bits per heavy atom. The third kappa shape index (κ3) is 3.15. The Morgan fingerprint density at radius 1 is 1.18 bits per heavy atom. The highest BCUT2D eigenvalue weighted by atomic mass is 35.5. The van der Waals surface area contributed by atoms with Crippen LogP contribution in [0.3, 0.4) is 0 Å². The molecule has 17 heavy (non-hydrogen) atoms. The van der Waals surface area contributed by atoms with Crippen LogP contribution in [0.5, 0.6) is 0 Å². The fraction of sp³-hybridized carbons (Fsp3) is 0. The summed E-state index contributed by atoms with van der Waals surface area (Å²) in [6.07, 6.45) is 1.30. The first kappa shape index (κ1) is 11.8. The number of hydrogen-bond donors (Lipinski definition) is 1. The van der Waals surface area contributed by atoms with E-state index < -0.39 is 5.97 Å². The molecule has 7 heteroatoms. The lowest BCUT2D eigenvalue weighted by Crippen LogP contribution is -1.96. The molecule has 0 radical (unpaired) electrons. The molecule has 5 nitrogen and oxygen atoms in total. The molecule has 0 atom stereocenters. The van der Waals surface area contributed by atoms with Crippen LogP contribution in [0, 0.1) is 0 Å². The van der Waals surface area contributed by atoms with E-state index >= 15 is 0 Å². The highest BCUT2D eigenvalue weighted by molar-refractivity contribution is 7.99. The van der Waals surface area contributed by atoms with Gasteiger partial charge < -0.3 is 5.11 Å². The van der Waals surface area contributed by atoms with Crippen LogP contribution < -0.4 is 0 Å². The number of hydrogen-bond acceptors (Lipinski definition) is 5. The monoisotopic (exact) mass is 267 g/mol. The lowest BCUT2D eigenvalue weighted by atomic mass is 10.3. The van der Waals surface area contributed by atoms with Crippen molar-refractivity contribution in [3.05, 3.63) is 41.2 Å². The SMILES string of the molecule is O=C(O)c1ccc(Sc2ccc(Cl)nn2)nc1. The fourth-order valence-electron chi connectivity index (χ4n) is 1.03. The first-order valence-corrected chi connectivity index (χ1v) is 5.71. The summed E-state index contributed by atoms with van der Waals surface area (Å²) in [5, 5.41) is 17.9. The molecule has 1 N–H and O–H groups in total. The molecule has 86 valence electrons. The van der Waals surface area contributed by atoms with Crippen molar-refractivity contribution in [2.75, 3.05) is 0 Å². The van der Waals surface area contributed by atoms with Crippen molar-refractivity contribution in [2.45, 2.75) is 10.1 Å². The molecule has 0 aliphatic carbocycles. The quantitative estimate of drug-likeness (QED) is 0.920. The molecule has 0 spiro atoms. The van der Waals surface area contributed by atoms with Crippen LogP contribution in [0.15, 0.2) is 40.5 Å². The number of aromatic carboxylic acids is 1. The Morgan fingerprint density at radius 2 is 1.94 bits per heavy atom. The maximum Gasteiger partial charge on any atom is 0.337 e. The minimum absolute atomic E-state index is 0.150. The van der Waals surface area contributed by atoms with Crippen molar-refractivity contribution in [1.82, 2.24) is 15.2 Å². The van der Waals surface area contributed by atoms with Crippen molar-refractivity contribution in [3.63, 3.8) is 0 Å². The number of nitrogens with zero attached hydrogens (tertiary/aromatic N) is 3. The average Bonchev–Trinajstić information content (AvgIpc) is 2.33. The van der Waals surface area contributed by atoms with Crippen molar-refractivity contribution >= 4 is 29.3 Å². The van der Waals surface area contributed by atoms with Crippen LogP contribution in [0.1, 0.15) is 10.4 Å². The molecule has 2 aromatic heterocycles. The zero-order valence-corrected chi connectivity index (χ0v) is 9.94. The van der Waals surface area contributed by atoms with E-state index in [0.29, 0.717) is 15.2 Å². The Labute approximate surface area is 106 Å². The van der Waals surface area contributed by atoms with Gasteiger partial charge >= 0.3 is 5.97 Å². The van der Waals surface area contributed by atoms with Gasteiger partial charge in [-0.15, -0.1) is 10.2 Å². The van der Waals surface area contributed by atoms with Gasteiger partial charge in [-0.2, -0.15) is 0 Å². The molecule has 0 aliphatic rings. The molecule has 2 rings (SSSR count). The molecule has 0 bridgehead atoms. The zero-order valence-electron chi connectivity index (χ0n) is 8.37. The molecule has 2 aromatic rings. The fourth-order valence-corrected chi connectivity index (χ4v) is 1.81. The Hall–Kier alpha value is -1.66. The largest absolute Gasteiger partial charge is 0.478 e. The van der Waals surface area contributed by atoms with Gasteiger partial charge in [-0.3, -0.25) is 0 Å². The summed E-state index contributed by atoms with van der Waals surface area (Å²) >= 11 is 6.89. The summed E-state index contributed by atoms with van der Waals surface area (Å²) in [5.74, 6) is -1.000. The van der Waals surface area contributed by atoms with Gasteiger partial charge in [0.1, 0.15) is 10.1 Å². The molecule has 0 saturated heterocycles. The van der Waals surface area contributed by atoms with E-state index in [1.807, 2.05) is 0 Å². The third-order valence-electron chi connectivity index (χ3n) is 1.80. The summed E-state index contributed by atoms with van der Waals surface area (Å²) in [6.45, 7) is 0. The number of carboxylic acid groups (broad SMARTS) is 1. The first-order chi connectivity index (χ1) is 8.15. The summed E-state index contributed by atoms with van der Waals surface area (Å²) in [5.41, 5.74) is 0.150. The predicted octanol–water partition coefficient (Wildman–Crippen LogP) is 2.37. The number of carbonyl (C=O) groups is 1. The van der Waals surface area contributed by atoms with Gasteiger partial charge in [-0.05, 0) is 36.0 Å². The minimum atomic E-state index is -1.000. The number of pyridine rings is 1. The van der Waals surface area contributed by atoms with Crippen LogP contribution in [-0.2, 0) is 0 Å². The second kappa shape index (κ2) is 5.11. The molecule has 0 amide bonds. The molecular weight excluding hydrogens is 262 g/mol. The van der Waals surface area contributed by atoms with Crippen LogP contribution in [0.4, 0.5) is 0 Å². The lowest BCUT2D eigenvalue weighted by molar-refractivity contribution is 0.0696. The normalized spacial score (nSPS) is 10.2. The predicted molar refractivity (Wildman–Crippen MR) is 62.4 cm³/mol. The van der Waals surface area contributed by atoms with E-state index in [4.69, 9.17) is 16.7 Å². The Kier molecular flexibility index (Phi) is 3.55. The highest BCUT2D eigenvalue weighted by Crippen LogP contribution is 2.23. The van der Waals surface area contributed by atoms with Crippen LogP contribution in [-0.4, -0.2) is 26.3 Å². The van der Waals surface area contributed by atoms with Gasteiger partial charge in [0, 0.05) is 6.20 Å². The molecule has 0 unspecified atom stereocenters. The molecule has 0 aromatic carbocycles. The van der Waals surface area contributed by atoms with Gasteiger partial charge in [0.15, 0.2) is 5.15 Å². The second-order valence-corrected chi connectivity index (χ2v) is 4.41. The standard InChI is InChI=1S/C10H6ClN3O2S/c11-7-2-4-9(14-13-7)17-8-3-1-6(5-12-8)10(15)16/h1-5H,(H,15,16). The average molecular weight is 268 g/mol. The van der Waals surface area contributed by atoms with Crippen LogP contribution in [0.25, 0.3) is 0 Å². The summed E-state index contributed by atoms with van der Waals surface area (Å²) in [4.78, 5) is 14.6. The zero-order chi connectivity index (χ0) is 12.3.